The molecule has 0 radical (unpaired) electrons. The van der Waals surface area contributed by atoms with Crippen molar-refractivity contribution in [3.05, 3.63) is 65.2 Å². The Labute approximate surface area is 153 Å². The number of hydrogen-bond acceptors (Lipinski definition) is 5. The van der Waals surface area contributed by atoms with Gasteiger partial charge in [0.15, 0.2) is 0 Å². The highest BCUT2D eigenvalue weighted by molar-refractivity contribution is 5.97. The minimum absolute atomic E-state index is 0.0252. The van der Waals surface area contributed by atoms with Crippen molar-refractivity contribution < 1.29 is 4.79 Å². The highest BCUT2D eigenvalue weighted by Crippen LogP contribution is 2.23. The van der Waals surface area contributed by atoms with Crippen LogP contribution in [-0.4, -0.2) is 20.7 Å². The molecular weight excluding hydrogens is 326 g/mol. The molecule has 26 heavy (non-hydrogen) atoms. The number of carbonyl (C=O) groups excluding carboxylic acids is 1. The molecule has 0 unspecified atom stereocenters. The molecule has 0 atom stereocenters. The molecule has 0 aliphatic carbocycles. The summed E-state index contributed by atoms with van der Waals surface area (Å²) in [6.45, 7) is 8.40. The molecule has 1 aromatic heterocycles. The molecule has 6 heteroatoms. The number of carbonyl (C=O) groups is 1. The number of nitrogen functional groups attached to an aromatic ring is 1. The van der Waals surface area contributed by atoms with E-state index in [4.69, 9.17) is 5.73 Å². The fourth-order valence-corrected chi connectivity index (χ4v) is 2.55. The molecule has 0 bridgehead atoms. The first-order valence-corrected chi connectivity index (χ1v) is 8.45. The average molecular weight is 349 g/mol. The number of aryl methyl sites for hydroxylation is 1. The number of nitrogens with one attached hydrogen (secondary N) is 1. The SMILES string of the molecule is Cc1ccc(Nc2nc(N)nn2C(=O)c2ccc(C(C)(C)C)cc2)cc1. The van der Waals surface area contributed by atoms with Gasteiger partial charge in [-0.05, 0) is 42.2 Å². The van der Waals surface area contributed by atoms with Crippen molar-refractivity contribution in [3.8, 4) is 0 Å². The molecular formula is C20H23N5O. The molecule has 0 aliphatic rings. The van der Waals surface area contributed by atoms with Gasteiger partial charge in [-0.3, -0.25) is 4.79 Å². The first kappa shape index (κ1) is 17.7. The zero-order chi connectivity index (χ0) is 18.9. The topological polar surface area (TPSA) is 85.8 Å². The number of anilines is 3. The summed E-state index contributed by atoms with van der Waals surface area (Å²) in [7, 11) is 0. The van der Waals surface area contributed by atoms with Crippen LogP contribution in [0.2, 0.25) is 0 Å². The van der Waals surface area contributed by atoms with Crippen LogP contribution in [0.1, 0.15) is 42.3 Å². The van der Waals surface area contributed by atoms with E-state index in [-0.39, 0.29) is 23.2 Å². The molecule has 2 aromatic carbocycles. The van der Waals surface area contributed by atoms with Crippen LogP contribution in [0.5, 0.6) is 0 Å². The minimum atomic E-state index is -0.288. The molecule has 6 nitrogen and oxygen atoms in total. The molecule has 0 aliphatic heterocycles. The monoisotopic (exact) mass is 349 g/mol. The first-order chi connectivity index (χ1) is 12.2. The fraction of sp³-hybridized carbons (Fsp3) is 0.250. The summed E-state index contributed by atoms with van der Waals surface area (Å²) in [4.78, 5) is 17.0. The quantitative estimate of drug-likeness (QED) is 0.749. The smallest absolute Gasteiger partial charge is 0.281 e. The number of nitrogens with two attached hydrogens (primary N) is 1. The van der Waals surface area contributed by atoms with E-state index in [0.717, 1.165) is 16.8 Å². The predicted molar refractivity (Wildman–Crippen MR) is 104 cm³/mol. The number of aromatic nitrogens is 3. The molecule has 3 aromatic rings. The number of hydrogen-bond donors (Lipinski definition) is 2. The minimum Gasteiger partial charge on any atom is -0.366 e. The highest BCUT2D eigenvalue weighted by Gasteiger charge is 2.19. The molecule has 3 N–H and O–H groups in total. The summed E-state index contributed by atoms with van der Waals surface area (Å²) in [5.74, 6) is 0.0415. The summed E-state index contributed by atoms with van der Waals surface area (Å²) in [6, 6.07) is 15.3. The zero-order valence-corrected chi connectivity index (χ0v) is 15.4. The third-order valence-electron chi connectivity index (χ3n) is 4.12. The van der Waals surface area contributed by atoms with Crippen LogP contribution in [0.25, 0.3) is 0 Å². The summed E-state index contributed by atoms with van der Waals surface area (Å²) >= 11 is 0. The van der Waals surface area contributed by atoms with Gasteiger partial charge in [-0.1, -0.05) is 50.6 Å². The maximum atomic E-state index is 12.9. The van der Waals surface area contributed by atoms with Crippen LogP contribution in [0.15, 0.2) is 48.5 Å². The summed E-state index contributed by atoms with van der Waals surface area (Å²) < 4.78 is 1.20. The number of rotatable bonds is 3. The van der Waals surface area contributed by atoms with Crippen molar-refractivity contribution in [1.29, 1.82) is 0 Å². The third-order valence-corrected chi connectivity index (χ3v) is 4.12. The van der Waals surface area contributed by atoms with Gasteiger partial charge in [0.2, 0.25) is 11.9 Å². The zero-order valence-electron chi connectivity index (χ0n) is 15.4. The van der Waals surface area contributed by atoms with Gasteiger partial charge in [0.25, 0.3) is 5.91 Å². The van der Waals surface area contributed by atoms with E-state index in [1.165, 1.54) is 4.68 Å². The van der Waals surface area contributed by atoms with E-state index in [2.05, 4.69) is 36.2 Å². The van der Waals surface area contributed by atoms with Crippen molar-refractivity contribution in [3.63, 3.8) is 0 Å². The summed E-state index contributed by atoms with van der Waals surface area (Å²) in [5.41, 5.74) is 9.38. The Morgan fingerprint density at radius 1 is 1.04 bits per heavy atom. The number of benzene rings is 2. The Kier molecular flexibility index (Phi) is 4.50. The Balaban J connectivity index is 1.89. The summed E-state index contributed by atoms with van der Waals surface area (Å²) in [5, 5.41) is 7.14. The molecule has 0 amide bonds. The van der Waals surface area contributed by atoms with Gasteiger partial charge in [0.05, 0.1) is 0 Å². The van der Waals surface area contributed by atoms with Crippen molar-refractivity contribution in [2.45, 2.75) is 33.1 Å². The molecule has 3 rings (SSSR count). The lowest BCUT2D eigenvalue weighted by molar-refractivity contribution is 0.0948. The van der Waals surface area contributed by atoms with Gasteiger partial charge in [-0.2, -0.15) is 9.67 Å². The second-order valence-corrected chi connectivity index (χ2v) is 7.33. The van der Waals surface area contributed by atoms with Crippen molar-refractivity contribution in [1.82, 2.24) is 14.8 Å². The number of nitrogens with zero attached hydrogens (tertiary/aromatic N) is 3. The lowest BCUT2D eigenvalue weighted by Crippen LogP contribution is -2.17. The second-order valence-electron chi connectivity index (χ2n) is 7.33. The molecule has 0 spiro atoms. The maximum absolute atomic E-state index is 12.9. The van der Waals surface area contributed by atoms with E-state index in [9.17, 15) is 4.79 Å². The van der Waals surface area contributed by atoms with E-state index >= 15 is 0 Å². The van der Waals surface area contributed by atoms with Gasteiger partial charge in [-0.15, -0.1) is 5.10 Å². The van der Waals surface area contributed by atoms with E-state index in [1.807, 2.05) is 43.3 Å². The largest absolute Gasteiger partial charge is 0.366 e. The van der Waals surface area contributed by atoms with Gasteiger partial charge in [0, 0.05) is 11.3 Å². The van der Waals surface area contributed by atoms with Gasteiger partial charge in [-0.25, -0.2) is 0 Å². The van der Waals surface area contributed by atoms with Crippen LogP contribution in [0.3, 0.4) is 0 Å². The van der Waals surface area contributed by atoms with E-state index in [1.54, 1.807) is 12.1 Å². The summed E-state index contributed by atoms with van der Waals surface area (Å²) in [6.07, 6.45) is 0. The van der Waals surface area contributed by atoms with Crippen molar-refractivity contribution in [2.24, 2.45) is 0 Å². The van der Waals surface area contributed by atoms with Crippen molar-refractivity contribution >= 4 is 23.5 Å². The average Bonchev–Trinajstić information content (AvgIpc) is 2.96. The van der Waals surface area contributed by atoms with Gasteiger partial charge >= 0.3 is 0 Å². The lowest BCUT2D eigenvalue weighted by Gasteiger charge is -2.19. The maximum Gasteiger partial charge on any atom is 0.281 e. The van der Waals surface area contributed by atoms with Crippen LogP contribution in [0, 0.1) is 6.92 Å². The predicted octanol–water partition coefficient (Wildman–Crippen LogP) is 3.90. The van der Waals surface area contributed by atoms with Crippen LogP contribution < -0.4 is 11.1 Å². The molecule has 0 saturated carbocycles. The molecule has 1 heterocycles. The molecule has 0 saturated heterocycles. The van der Waals surface area contributed by atoms with Crippen LogP contribution in [0.4, 0.5) is 17.6 Å². The van der Waals surface area contributed by atoms with Crippen LogP contribution >= 0.6 is 0 Å². The molecule has 0 fully saturated rings. The second kappa shape index (κ2) is 6.63. The Morgan fingerprint density at radius 2 is 1.65 bits per heavy atom. The Bertz CT molecular complexity index is 918. The van der Waals surface area contributed by atoms with E-state index in [0.29, 0.717) is 5.56 Å². The first-order valence-electron chi connectivity index (χ1n) is 8.45. The van der Waals surface area contributed by atoms with Crippen LogP contribution in [-0.2, 0) is 5.41 Å². The van der Waals surface area contributed by atoms with Gasteiger partial charge < -0.3 is 11.1 Å². The standard InChI is InChI=1S/C20H23N5O/c1-13-5-11-16(12-6-13)22-19-23-18(21)24-25(19)17(26)14-7-9-15(10-8-14)20(2,3)4/h5-12H,1-4H3,(H3,21,22,23,24). The van der Waals surface area contributed by atoms with Crippen molar-refractivity contribution in [2.75, 3.05) is 11.1 Å². The normalized spacial score (nSPS) is 11.4. The molecule has 134 valence electrons. The fourth-order valence-electron chi connectivity index (χ4n) is 2.55. The van der Waals surface area contributed by atoms with Gasteiger partial charge in [0.1, 0.15) is 0 Å². The lowest BCUT2D eigenvalue weighted by atomic mass is 9.87. The van der Waals surface area contributed by atoms with E-state index < -0.39 is 0 Å². The highest BCUT2D eigenvalue weighted by atomic mass is 16.2. The Morgan fingerprint density at radius 3 is 2.23 bits per heavy atom. The Hall–Kier alpha value is -3.15. The third kappa shape index (κ3) is 3.74.